The molecule has 1 aliphatic rings. The number of nitrogens with zero attached hydrogens (tertiary/aromatic N) is 1. The fraction of sp³-hybridized carbons (Fsp3) is 0.667. The van der Waals surface area contributed by atoms with Gasteiger partial charge in [0.25, 0.3) is 0 Å². The van der Waals surface area contributed by atoms with E-state index in [1.54, 1.807) is 20.0 Å². The average molecular weight is 329 g/mol. The van der Waals surface area contributed by atoms with Gasteiger partial charge in [-0.1, -0.05) is 11.6 Å². The highest BCUT2D eigenvalue weighted by Gasteiger charge is 2.43. The van der Waals surface area contributed by atoms with Crippen LogP contribution < -0.4 is 5.14 Å². The van der Waals surface area contributed by atoms with E-state index in [1.807, 2.05) is 0 Å². The van der Waals surface area contributed by atoms with Crippen LogP contribution in [0.25, 0.3) is 0 Å². The van der Waals surface area contributed by atoms with Gasteiger partial charge in [0.15, 0.2) is 10.3 Å². The molecule has 108 valence electrons. The third-order valence-corrected chi connectivity index (χ3v) is 4.00. The van der Waals surface area contributed by atoms with Crippen molar-refractivity contribution in [3.8, 4) is 0 Å². The molecule has 0 spiro atoms. The van der Waals surface area contributed by atoms with Gasteiger partial charge in [-0.2, -0.15) is 8.42 Å². The Morgan fingerprint density at radius 1 is 1.58 bits per heavy atom. The Hall–Kier alpha value is -0.290. The van der Waals surface area contributed by atoms with Gasteiger partial charge in [0, 0.05) is 6.20 Å². The normalized spacial score (nSPS) is 26.7. The van der Waals surface area contributed by atoms with Gasteiger partial charge in [-0.25, -0.2) is 10.1 Å². The van der Waals surface area contributed by atoms with Gasteiger partial charge in [0.05, 0.1) is 11.5 Å². The van der Waals surface area contributed by atoms with Gasteiger partial charge in [0.2, 0.25) is 0 Å². The molecule has 1 saturated heterocycles. The molecule has 0 aromatic carbocycles. The Balaban J connectivity index is 2.15. The van der Waals surface area contributed by atoms with E-state index < -0.39 is 28.3 Å². The summed E-state index contributed by atoms with van der Waals surface area (Å²) < 4.78 is 37.9. The summed E-state index contributed by atoms with van der Waals surface area (Å²) in [6.07, 6.45) is 0.457. The molecule has 2 rings (SSSR count). The van der Waals surface area contributed by atoms with E-state index in [0.29, 0.717) is 4.47 Å². The number of thiazole rings is 1. The maximum absolute atomic E-state index is 10.8. The van der Waals surface area contributed by atoms with Crippen molar-refractivity contribution < 1.29 is 22.1 Å². The second-order valence-electron chi connectivity index (χ2n) is 4.39. The van der Waals surface area contributed by atoms with E-state index in [2.05, 4.69) is 9.17 Å². The lowest BCUT2D eigenvalue weighted by atomic mass is 10.2. The van der Waals surface area contributed by atoms with Crippen LogP contribution in [0.5, 0.6) is 0 Å². The lowest BCUT2D eigenvalue weighted by Crippen LogP contribution is -2.28. The number of nitrogens with two attached hydrogens (primary N) is 1. The molecule has 2 heterocycles. The first-order chi connectivity index (χ1) is 8.66. The first kappa shape index (κ1) is 15.1. The summed E-state index contributed by atoms with van der Waals surface area (Å²) in [5.74, 6) is -0.854. The highest BCUT2D eigenvalue weighted by molar-refractivity contribution is 7.84. The fourth-order valence-corrected chi connectivity index (χ4v) is 3.12. The second kappa shape index (κ2) is 5.24. The molecule has 1 aromatic rings. The Kier molecular flexibility index (Phi) is 4.17. The summed E-state index contributed by atoms with van der Waals surface area (Å²) in [6.45, 7) is 3.21. The third-order valence-electron chi connectivity index (χ3n) is 2.36. The zero-order valence-corrected chi connectivity index (χ0v) is 12.6. The summed E-state index contributed by atoms with van der Waals surface area (Å²) in [5, 5.41) is 4.79. The highest BCUT2D eigenvalue weighted by atomic mass is 35.5. The van der Waals surface area contributed by atoms with Gasteiger partial charge in [-0.05, 0) is 13.8 Å². The van der Waals surface area contributed by atoms with Crippen molar-refractivity contribution in [3.05, 3.63) is 15.5 Å². The van der Waals surface area contributed by atoms with E-state index in [0.717, 1.165) is 4.88 Å². The van der Waals surface area contributed by atoms with Gasteiger partial charge in [0.1, 0.15) is 12.2 Å². The van der Waals surface area contributed by atoms with E-state index in [9.17, 15) is 8.42 Å². The van der Waals surface area contributed by atoms with E-state index in [4.69, 9.17) is 26.2 Å². The predicted octanol–water partition coefficient (Wildman–Crippen LogP) is 1.21. The maximum Gasteiger partial charge on any atom is 0.333 e. The SMILES string of the molecule is CC1(C)OC(COS(N)(=O)=O)C(c2cnc(Cl)s2)O1. The number of ether oxygens (including phenoxy) is 2. The van der Waals surface area contributed by atoms with Crippen molar-refractivity contribution in [1.82, 2.24) is 4.98 Å². The molecule has 2 N–H and O–H groups in total. The molecule has 0 bridgehead atoms. The third kappa shape index (κ3) is 4.09. The number of hydrogen-bond acceptors (Lipinski definition) is 7. The molecule has 0 amide bonds. The monoisotopic (exact) mass is 328 g/mol. The van der Waals surface area contributed by atoms with Crippen molar-refractivity contribution in [2.24, 2.45) is 5.14 Å². The van der Waals surface area contributed by atoms with Crippen molar-refractivity contribution in [2.45, 2.75) is 31.8 Å². The van der Waals surface area contributed by atoms with Crippen LogP contribution in [0.3, 0.4) is 0 Å². The van der Waals surface area contributed by atoms with Crippen LogP contribution in [0.1, 0.15) is 24.8 Å². The summed E-state index contributed by atoms with van der Waals surface area (Å²) in [6, 6.07) is 0. The standard InChI is InChI=1S/C9H13ClN2O5S2/c1-9(2)16-5(4-15-19(11,13)14)7(17-9)6-3-12-8(10)18-6/h3,5,7H,4H2,1-2H3,(H2,11,13,14). The molecule has 0 aliphatic carbocycles. The molecule has 7 nitrogen and oxygen atoms in total. The van der Waals surface area contributed by atoms with Crippen LogP contribution in [-0.4, -0.2) is 31.9 Å². The van der Waals surface area contributed by atoms with E-state index in [-0.39, 0.29) is 6.61 Å². The Morgan fingerprint density at radius 3 is 2.79 bits per heavy atom. The number of rotatable bonds is 4. The summed E-state index contributed by atoms with van der Waals surface area (Å²) in [4.78, 5) is 4.65. The molecule has 1 fully saturated rings. The maximum atomic E-state index is 10.8. The van der Waals surface area contributed by atoms with E-state index >= 15 is 0 Å². The zero-order chi connectivity index (χ0) is 14.3. The minimum atomic E-state index is -4.02. The first-order valence-corrected chi connectivity index (χ1v) is 7.97. The topological polar surface area (TPSA) is 101 Å². The van der Waals surface area contributed by atoms with E-state index in [1.165, 1.54) is 11.3 Å². The molecule has 1 aromatic heterocycles. The minimum Gasteiger partial charge on any atom is -0.342 e. The van der Waals surface area contributed by atoms with Crippen molar-refractivity contribution >= 4 is 33.2 Å². The van der Waals surface area contributed by atoms with Gasteiger partial charge in [-0.3, -0.25) is 4.18 Å². The van der Waals surface area contributed by atoms with Crippen molar-refractivity contribution in [1.29, 1.82) is 0 Å². The summed E-state index contributed by atoms with van der Waals surface area (Å²) >= 11 is 7.01. The smallest absolute Gasteiger partial charge is 0.333 e. The Labute approximate surface area is 119 Å². The molecule has 0 radical (unpaired) electrons. The Morgan fingerprint density at radius 2 is 2.26 bits per heavy atom. The highest BCUT2D eigenvalue weighted by Crippen LogP contribution is 2.40. The van der Waals surface area contributed by atoms with Crippen LogP contribution in [0.4, 0.5) is 0 Å². The molecule has 2 unspecified atom stereocenters. The largest absolute Gasteiger partial charge is 0.342 e. The van der Waals surface area contributed by atoms with Crippen LogP contribution in [-0.2, 0) is 24.0 Å². The molecule has 19 heavy (non-hydrogen) atoms. The number of halogens is 1. The van der Waals surface area contributed by atoms with Crippen molar-refractivity contribution in [2.75, 3.05) is 6.61 Å². The van der Waals surface area contributed by atoms with Crippen LogP contribution >= 0.6 is 22.9 Å². The fourth-order valence-electron chi connectivity index (χ4n) is 1.76. The average Bonchev–Trinajstić information content (AvgIpc) is 2.78. The van der Waals surface area contributed by atoms with Gasteiger partial charge >= 0.3 is 10.3 Å². The lowest BCUT2D eigenvalue weighted by Gasteiger charge is -2.16. The van der Waals surface area contributed by atoms with Crippen molar-refractivity contribution in [3.63, 3.8) is 0 Å². The molecular weight excluding hydrogens is 316 g/mol. The Bertz CT molecular complexity index is 559. The lowest BCUT2D eigenvalue weighted by molar-refractivity contribution is -0.148. The zero-order valence-electron chi connectivity index (χ0n) is 10.2. The first-order valence-electron chi connectivity index (χ1n) is 5.30. The minimum absolute atomic E-state index is 0.234. The predicted molar refractivity (Wildman–Crippen MR) is 69.0 cm³/mol. The van der Waals surface area contributed by atoms with Gasteiger partial charge < -0.3 is 9.47 Å². The van der Waals surface area contributed by atoms with Crippen LogP contribution in [0.15, 0.2) is 6.20 Å². The quantitative estimate of drug-likeness (QED) is 0.891. The summed E-state index contributed by atoms with van der Waals surface area (Å²) in [5.41, 5.74) is 0. The van der Waals surface area contributed by atoms with Gasteiger partial charge in [-0.15, -0.1) is 11.3 Å². The molecule has 10 heteroatoms. The van der Waals surface area contributed by atoms with Crippen LogP contribution in [0, 0.1) is 0 Å². The molecular formula is C9H13ClN2O5S2. The molecule has 0 saturated carbocycles. The second-order valence-corrected chi connectivity index (χ2v) is 7.25. The van der Waals surface area contributed by atoms with Crippen LogP contribution in [0.2, 0.25) is 4.47 Å². The number of hydrogen-bond donors (Lipinski definition) is 1. The molecule has 2 atom stereocenters. The molecule has 1 aliphatic heterocycles. The summed E-state index contributed by atoms with van der Waals surface area (Å²) in [7, 11) is -4.02. The number of aromatic nitrogens is 1.